The lowest BCUT2D eigenvalue weighted by molar-refractivity contribution is 0.467. The van der Waals surface area contributed by atoms with E-state index in [-0.39, 0.29) is 0 Å². The summed E-state index contributed by atoms with van der Waals surface area (Å²) in [4.78, 5) is 0. The molecule has 1 nitrogen and oxygen atoms in total. The average molecular weight is 243 g/mol. The molecule has 0 saturated heterocycles. The molecule has 18 heavy (non-hydrogen) atoms. The van der Waals surface area contributed by atoms with Crippen molar-refractivity contribution in [2.45, 2.75) is 52.0 Å². The summed E-state index contributed by atoms with van der Waals surface area (Å²) >= 11 is 0. The molecule has 0 aromatic heterocycles. The number of aryl methyl sites for hydroxylation is 1. The highest BCUT2D eigenvalue weighted by atomic mass is 14.9. The van der Waals surface area contributed by atoms with Crippen molar-refractivity contribution < 1.29 is 0 Å². The van der Waals surface area contributed by atoms with E-state index in [4.69, 9.17) is 6.42 Å². The standard InChI is InChI=1S/C17H25N/c1-4-6-7-11-17(18-12-5-2)14-16-10-8-9-15(3)13-16/h1,8-10,13,17-18H,5-7,11-12,14H2,2-3H3. The summed E-state index contributed by atoms with van der Waals surface area (Å²) in [5.41, 5.74) is 2.76. The molecule has 0 aliphatic rings. The van der Waals surface area contributed by atoms with Crippen molar-refractivity contribution in [2.24, 2.45) is 0 Å². The van der Waals surface area contributed by atoms with Crippen LogP contribution in [-0.2, 0) is 6.42 Å². The number of terminal acetylenes is 1. The molecule has 1 aromatic carbocycles. The van der Waals surface area contributed by atoms with Crippen molar-refractivity contribution in [1.29, 1.82) is 0 Å². The van der Waals surface area contributed by atoms with Crippen LogP contribution in [0.25, 0.3) is 0 Å². The fourth-order valence-corrected chi connectivity index (χ4v) is 2.20. The lowest BCUT2D eigenvalue weighted by Crippen LogP contribution is -2.31. The Hall–Kier alpha value is -1.26. The van der Waals surface area contributed by atoms with Crippen molar-refractivity contribution in [3.8, 4) is 12.3 Å². The van der Waals surface area contributed by atoms with Gasteiger partial charge in [-0.15, -0.1) is 12.3 Å². The molecule has 1 N–H and O–H groups in total. The molecular formula is C17H25N. The zero-order valence-electron chi connectivity index (χ0n) is 11.7. The quantitative estimate of drug-likeness (QED) is 0.542. The molecular weight excluding hydrogens is 218 g/mol. The van der Waals surface area contributed by atoms with Crippen molar-refractivity contribution >= 4 is 0 Å². The smallest absolute Gasteiger partial charge is 0.0108 e. The van der Waals surface area contributed by atoms with Gasteiger partial charge in [-0.3, -0.25) is 0 Å². The molecule has 0 radical (unpaired) electrons. The Kier molecular flexibility index (Phi) is 7.22. The first kappa shape index (κ1) is 14.8. The highest BCUT2D eigenvalue weighted by Crippen LogP contribution is 2.11. The molecule has 0 spiro atoms. The second-order valence-corrected chi connectivity index (χ2v) is 4.94. The van der Waals surface area contributed by atoms with Crippen molar-refractivity contribution in [1.82, 2.24) is 5.32 Å². The largest absolute Gasteiger partial charge is 0.314 e. The van der Waals surface area contributed by atoms with Gasteiger partial charge in [0.25, 0.3) is 0 Å². The number of nitrogens with one attached hydrogen (secondary N) is 1. The third-order valence-electron chi connectivity index (χ3n) is 3.12. The summed E-state index contributed by atoms with van der Waals surface area (Å²) in [5, 5.41) is 3.63. The number of unbranched alkanes of at least 4 members (excludes halogenated alkanes) is 1. The van der Waals surface area contributed by atoms with Gasteiger partial charge in [0.2, 0.25) is 0 Å². The van der Waals surface area contributed by atoms with E-state index in [1.54, 1.807) is 0 Å². The van der Waals surface area contributed by atoms with E-state index >= 15 is 0 Å². The molecule has 0 aliphatic carbocycles. The summed E-state index contributed by atoms with van der Waals surface area (Å²) in [5.74, 6) is 2.72. The van der Waals surface area contributed by atoms with Gasteiger partial charge in [0.15, 0.2) is 0 Å². The predicted octanol–water partition coefficient (Wildman–Crippen LogP) is 3.71. The minimum absolute atomic E-state index is 0.556. The molecule has 0 fully saturated rings. The topological polar surface area (TPSA) is 12.0 Å². The Labute approximate surface area is 112 Å². The second kappa shape index (κ2) is 8.78. The highest BCUT2D eigenvalue weighted by Gasteiger charge is 2.08. The van der Waals surface area contributed by atoms with Gasteiger partial charge in [-0.2, -0.15) is 0 Å². The molecule has 0 amide bonds. The first-order valence-corrected chi connectivity index (χ1v) is 6.98. The van der Waals surface area contributed by atoms with Gasteiger partial charge in [0, 0.05) is 12.5 Å². The Morgan fingerprint density at radius 3 is 2.89 bits per heavy atom. The molecule has 98 valence electrons. The summed E-state index contributed by atoms with van der Waals surface area (Å²) in [7, 11) is 0. The summed E-state index contributed by atoms with van der Waals surface area (Å²) in [6.45, 7) is 5.45. The first-order valence-electron chi connectivity index (χ1n) is 6.98. The first-order chi connectivity index (χ1) is 8.76. The normalized spacial score (nSPS) is 12.1. The van der Waals surface area contributed by atoms with Crippen LogP contribution in [-0.4, -0.2) is 12.6 Å². The van der Waals surface area contributed by atoms with Crippen molar-refractivity contribution in [3.05, 3.63) is 35.4 Å². The van der Waals surface area contributed by atoms with Gasteiger partial charge < -0.3 is 5.32 Å². The van der Waals surface area contributed by atoms with Gasteiger partial charge in [-0.05, 0) is 44.7 Å². The molecule has 0 saturated carbocycles. The fraction of sp³-hybridized carbons (Fsp3) is 0.529. The minimum atomic E-state index is 0.556. The number of rotatable bonds is 8. The summed E-state index contributed by atoms with van der Waals surface area (Å²) < 4.78 is 0. The van der Waals surface area contributed by atoms with Gasteiger partial charge >= 0.3 is 0 Å². The molecule has 0 aliphatic heterocycles. The van der Waals surface area contributed by atoms with Gasteiger partial charge in [0.1, 0.15) is 0 Å². The number of benzene rings is 1. The van der Waals surface area contributed by atoms with Crippen LogP contribution in [0.2, 0.25) is 0 Å². The van der Waals surface area contributed by atoms with Crippen LogP contribution in [0, 0.1) is 19.3 Å². The number of hydrogen-bond donors (Lipinski definition) is 1. The maximum absolute atomic E-state index is 5.32. The third-order valence-corrected chi connectivity index (χ3v) is 3.12. The maximum atomic E-state index is 5.32. The lowest BCUT2D eigenvalue weighted by Gasteiger charge is -2.18. The SMILES string of the molecule is C#CCCCC(Cc1cccc(C)c1)NCCC. The van der Waals surface area contributed by atoms with Crippen LogP contribution < -0.4 is 5.32 Å². The Morgan fingerprint density at radius 1 is 1.39 bits per heavy atom. The molecule has 1 heteroatoms. The van der Waals surface area contributed by atoms with E-state index in [0.717, 1.165) is 32.2 Å². The van der Waals surface area contributed by atoms with E-state index in [1.165, 1.54) is 17.5 Å². The summed E-state index contributed by atoms with van der Waals surface area (Å²) in [6, 6.07) is 9.34. The van der Waals surface area contributed by atoms with Gasteiger partial charge in [-0.25, -0.2) is 0 Å². The van der Waals surface area contributed by atoms with Gasteiger partial charge in [-0.1, -0.05) is 36.8 Å². The van der Waals surface area contributed by atoms with E-state index in [2.05, 4.69) is 49.4 Å². The molecule has 1 rings (SSSR count). The third kappa shape index (κ3) is 5.89. The van der Waals surface area contributed by atoms with Crippen LogP contribution in [0.1, 0.15) is 43.7 Å². The molecule has 1 aromatic rings. The Morgan fingerprint density at radius 2 is 2.22 bits per heavy atom. The minimum Gasteiger partial charge on any atom is -0.314 e. The van der Waals surface area contributed by atoms with Crippen LogP contribution in [0.5, 0.6) is 0 Å². The number of hydrogen-bond acceptors (Lipinski definition) is 1. The zero-order valence-corrected chi connectivity index (χ0v) is 11.7. The molecule has 0 bridgehead atoms. The van der Waals surface area contributed by atoms with Crippen LogP contribution in [0.15, 0.2) is 24.3 Å². The van der Waals surface area contributed by atoms with Crippen molar-refractivity contribution in [2.75, 3.05) is 6.54 Å². The lowest BCUT2D eigenvalue weighted by atomic mass is 9.99. The van der Waals surface area contributed by atoms with Gasteiger partial charge in [0.05, 0.1) is 0 Å². The van der Waals surface area contributed by atoms with E-state index in [9.17, 15) is 0 Å². The Bertz CT molecular complexity index is 375. The van der Waals surface area contributed by atoms with Crippen molar-refractivity contribution in [3.63, 3.8) is 0 Å². The van der Waals surface area contributed by atoms with E-state index in [1.807, 2.05) is 0 Å². The predicted molar refractivity (Wildman–Crippen MR) is 79.6 cm³/mol. The highest BCUT2D eigenvalue weighted by molar-refractivity contribution is 5.23. The maximum Gasteiger partial charge on any atom is 0.0108 e. The zero-order chi connectivity index (χ0) is 13.2. The Balaban J connectivity index is 2.51. The van der Waals surface area contributed by atoms with E-state index in [0.29, 0.717) is 6.04 Å². The molecule has 1 unspecified atom stereocenters. The summed E-state index contributed by atoms with van der Waals surface area (Å²) in [6.07, 6.45) is 10.8. The fourth-order valence-electron chi connectivity index (χ4n) is 2.20. The van der Waals surface area contributed by atoms with E-state index < -0.39 is 0 Å². The second-order valence-electron chi connectivity index (χ2n) is 4.94. The molecule has 0 heterocycles. The van der Waals surface area contributed by atoms with Crippen LogP contribution >= 0.6 is 0 Å². The van der Waals surface area contributed by atoms with Crippen LogP contribution in [0.4, 0.5) is 0 Å². The monoisotopic (exact) mass is 243 g/mol. The average Bonchev–Trinajstić information content (AvgIpc) is 2.36. The van der Waals surface area contributed by atoms with Crippen LogP contribution in [0.3, 0.4) is 0 Å². The molecule has 1 atom stereocenters.